The van der Waals surface area contributed by atoms with E-state index in [-0.39, 0.29) is 18.6 Å². The maximum absolute atomic E-state index is 12.4. The molecule has 7 nitrogen and oxygen atoms in total. The number of nitrogens with one attached hydrogen (secondary N) is 1. The Balaban J connectivity index is 2.78. The molecule has 0 fully saturated rings. The zero-order chi connectivity index (χ0) is 20.0. The summed E-state index contributed by atoms with van der Waals surface area (Å²) in [6.45, 7) is 10.4. The van der Waals surface area contributed by atoms with Crippen LogP contribution in [0.1, 0.15) is 64.7 Å². The van der Waals surface area contributed by atoms with Crippen LogP contribution in [0.3, 0.4) is 0 Å². The van der Waals surface area contributed by atoms with Crippen LogP contribution in [0.5, 0.6) is 0 Å². The molecule has 1 aromatic heterocycles. The van der Waals surface area contributed by atoms with Crippen molar-refractivity contribution in [2.45, 2.75) is 71.6 Å². The minimum Gasteiger partial charge on any atom is -0.458 e. The van der Waals surface area contributed by atoms with Gasteiger partial charge in [-0.1, -0.05) is 0 Å². The molecule has 1 amide bonds. The fourth-order valence-electron chi connectivity index (χ4n) is 2.02. The Hall–Kier alpha value is -2.44. The minimum atomic E-state index is -0.982. The highest BCUT2D eigenvalue weighted by Gasteiger charge is 2.29. The molecule has 1 heterocycles. The van der Waals surface area contributed by atoms with Crippen molar-refractivity contribution in [3.8, 4) is 0 Å². The molecule has 0 saturated heterocycles. The molecule has 144 valence electrons. The second-order valence-electron chi connectivity index (χ2n) is 7.94. The molecule has 1 rings (SSSR count). The molecule has 0 saturated carbocycles. The SMILES string of the molecule is CC(C)(C)OC(=O)N[C@@H](CCC(=O)c1cccnc1)C(=O)OC(C)(C)C. The van der Waals surface area contributed by atoms with Gasteiger partial charge in [-0.2, -0.15) is 0 Å². The number of Topliss-reactive ketones (excluding diaryl/α,β-unsaturated/α-hetero) is 1. The van der Waals surface area contributed by atoms with Crippen molar-refractivity contribution >= 4 is 17.8 Å². The zero-order valence-corrected chi connectivity index (χ0v) is 16.3. The molecule has 0 aliphatic heterocycles. The highest BCUT2D eigenvalue weighted by atomic mass is 16.6. The minimum absolute atomic E-state index is 0.0609. The van der Waals surface area contributed by atoms with Crippen molar-refractivity contribution in [1.82, 2.24) is 10.3 Å². The van der Waals surface area contributed by atoms with Crippen LogP contribution in [0, 0.1) is 0 Å². The predicted octanol–water partition coefficient (Wildman–Crippen LogP) is 3.28. The zero-order valence-electron chi connectivity index (χ0n) is 16.3. The average Bonchev–Trinajstić information content (AvgIpc) is 2.48. The predicted molar refractivity (Wildman–Crippen MR) is 96.8 cm³/mol. The second kappa shape index (κ2) is 8.78. The van der Waals surface area contributed by atoms with E-state index in [0.29, 0.717) is 5.56 Å². The van der Waals surface area contributed by atoms with E-state index >= 15 is 0 Å². The monoisotopic (exact) mass is 364 g/mol. The summed E-state index contributed by atoms with van der Waals surface area (Å²) in [6.07, 6.45) is 2.46. The number of nitrogens with zero attached hydrogens (tertiary/aromatic N) is 1. The van der Waals surface area contributed by atoms with Gasteiger partial charge in [-0.15, -0.1) is 0 Å². The van der Waals surface area contributed by atoms with Crippen molar-refractivity contribution < 1.29 is 23.9 Å². The van der Waals surface area contributed by atoms with Crippen LogP contribution in [0.15, 0.2) is 24.5 Å². The van der Waals surface area contributed by atoms with Gasteiger partial charge in [0.05, 0.1) is 0 Å². The normalized spacial score (nSPS) is 12.8. The summed E-state index contributed by atoms with van der Waals surface area (Å²) in [7, 11) is 0. The number of carbonyl (C=O) groups excluding carboxylic acids is 3. The van der Waals surface area contributed by atoms with Crippen LogP contribution < -0.4 is 5.32 Å². The van der Waals surface area contributed by atoms with E-state index in [9.17, 15) is 14.4 Å². The maximum Gasteiger partial charge on any atom is 0.408 e. The summed E-state index contributed by atoms with van der Waals surface area (Å²) in [6, 6.07) is 2.33. The van der Waals surface area contributed by atoms with Crippen LogP contribution in [-0.2, 0) is 14.3 Å². The first kappa shape index (κ1) is 21.6. The Kier molecular flexibility index (Phi) is 7.29. The Labute approximate surface area is 154 Å². The maximum atomic E-state index is 12.4. The number of ether oxygens (including phenoxy) is 2. The fraction of sp³-hybridized carbons (Fsp3) is 0.579. The van der Waals surface area contributed by atoms with E-state index in [1.165, 1.54) is 6.20 Å². The Morgan fingerprint density at radius 3 is 2.19 bits per heavy atom. The van der Waals surface area contributed by atoms with E-state index < -0.39 is 29.3 Å². The van der Waals surface area contributed by atoms with Gasteiger partial charge >= 0.3 is 12.1 Å². The number of hydrogen-bond acceptors (Lipinski definition) is 6. The average molecular weight is 364 g/mol. The number of ketones is 1. The number of aromatic nitrogens is 1. The molecule has 1 aromatic rings. The summed E-state index contributed by atoms with van der Waals surface area (Å²) in [5, 5.41) is 2.50. The first-order valence-electron chi connectivity index (χ1n) is 8.53. The molecule has 1 N–H and O–H groups in total. The molecular weight excluding hydrogens is 336 g/mol. The molecule has 0 bridgehead atoms. The fourth-order valence-corrected chi connectivity index (χ4v) is 2.02. The third-order valence-corrected chi connectivity index (χ3v) is 3.03. The van der Waals surface area contributed by atoms with Gasteiger partial charge in [0, 0.05) is 24.4 Å². The highest BCUT2D eigenvalue weighted by Crippen LogP contribution is 2.14. The smallest absolute Gasteiger partial charge is 0.408 e. The van der Waals surface area contributed by atoms with Crippen molar-refractivity contribution in [2.75, 3.05) is 0 Å². The van der Waals surface area contributed by atoms with E-state index in [0.717, 1.165) is 0 Å². The number of alkyl carbamates (subject to hydrolysis) is 1. The number of hydrogen-bond donors (Lipinski definition) is 1. The standard InChI is InChI=1S/C19H28N2O5/c1-18(2,3)25-16(23)14(21-17(24)26-19(4,5)6)9-10-15(22)13-8-7-11-20-12-13/h7-8,11-12,14H,9-10H2,1-6H3,(H,21,24)/t14-/m0/s1. The van der Waals surface area contributed by atoms with Crippen molar-refractivity contribution in [3.05, 3.63) is 30.1 Å². The molecule has 0 aliphatic rings. The lowest BCUT2D eigenvalue weighted by molar-refractivity contribution is -0.157. The van der Waals surface area contributed by atoms with Crippen LogP contribution in [-0.4, -0.2) is 40.1 Å². The van der Waals surface area contributed by atoms with Crippen LogP contribution in [0.4, 0.5) is 4.79 Å². The lowest BCUT2D eigenvalue weighted by Crippen LogP contribution is -2.46. The highest BCUT2D eigenvalue weighted by molar-refractivity contribution is 5.96. The quantitative estimate of drug-likeness (QED) is 0.615. The first-order chi connectivity index (χ1) is 11.9. The summed E-state index contributed by atoms with van der Waals surface area (Å²) >= 11 is 0. The Bertz CT molecular complexity index is 630. The van der Waals surface area contributed by atoms with Crippen LogP contribution >= 0.6 is 0 Å². The van der Waals surface area contributed by atoms with Crippen LogP contribution in [0.25, 0.3) is 0 Å². The lowest BCUT2D eigenvalue weighted by atomic mass is 10.0. The first-order valence-corrected chi connectivity index (χ1v) is 8.53. The molecule has 0 unspecified atom stereocenters. The van der Waals surface area contributed by atoms with Gasteiger partial charge in [-0.25, -0.2) is 9.59 Å². The van der Waals surface area contributed by atoms with E-state index in [1.54, 1.807) is 59.9 Å². The summed E-state index contributed by atoms with van der Waals surface area (Å²) in [5.41, 5.74) is -0.959. The number of amides is 1. The summed E-state index contributed by atoms with van der Waals surface area (Å²) in [5.74, 6) is -0.778. The summed E-state index contributed by atoms with van der Waals surface area (Å²) < 4.78 is 10.5. The van der Waals surface area contributed by atoms with Gasteiger partial charge in [0.25, 0.3) is 0 Å². The molecular formula is C19H28N2O5. The molecule has 0 spiro atoms. The second-order valence-corrected chi connectivity index (χ2v) is 7.94. The number of esters is 1. The van der Waals surface area contributed by atoms with Gasteiger partial charge in [0.2, 0.25) is 0 Å². The molecule has 7 heteroatoms. The van der Waals surface area contributed by atoms with Gasteiger partial charge < -0.3 is 14.8 Å². The van der Waals surface area contributed by atoms with Crippen molar-refractivity contribution in [1.29, 1.82) is 0 Å². The van der Waals surface area contributed by atoms with Gasteiger partial charge in [0.1, 0.15) is 17.2 Å². The lowest BCUT2D eigenvalue weighted by Gasteiger charge is -2.26. The van der Waals surface area contributed by atoms with Gasteiger partial charge in [-0.05, 0) is 60.1 Å². The van der Waals surface area contributed by atoms with Crippen molar-refractivity contribution in [3.63, 3.8) is 0 Å². The van der Waals surface area contributed by atoms with E-state index in [2.05, 4.69) is 10.3 Å². The summed E-state index contributed by atoms with van der Waals surface area (Å²) in [4.78, 5) is 40.5. The third-order valence-electron chi connectivity index (χ3n) is 3.03. The number of rotatable bonds is 6. The van der Waals surface area contributed by atoms with Gasteiger partial charge in [0.15, 0.2) is 5.78 Å². The molecule has 1 atom stereocenters. The van der Waals surface area contributed by atoms with E-state index in [1.807, 2.05) is 0 Å². The molecule has 0 aromatic carbocycles. The number of pyridine rings is 1. The Morgan fingerprint density at radius 1 is 1.08 bits per heavy atom. The molecule has 0 radical (unpaired) electrons. The largest absolute Gasteiger partial charge is 0.458 e. The van der Waals surface area contributed by atoms with Crippen molar-refractivity contribution in [2.24, 2.45) is 0 Å². The van der Waals surface area contributed by atoms with Crippen LogP contribution in [0.2, 0.25) is 0 Å². The molecule has 0 aliphatic carbocycles. The molecule has 26 heavy (non-hydrogen) atoms. The van der Waals surface area contributed by atoms with E-state index in [4.69, 9.17) is 9.47 Å². The Morgan fingerprint density at radius 2 is 1.69 bits per heavy atom. The third kappa shape index (κ3) is 8.60. The van der Waals surface area contributed by atoms with Gasteiger partial charge in [-0.3, -0.25) is 9.78 Å². The topological polar surface area (TPSA) is 94.6 Å². The number of carbonyl (C=O) groups is 3.